The van der Waals surface area contributed by atoms with Gasteiger partial charge in [0.25, 0.3) is 5.91 Å². The molecule has 2 rings (SSSR count). The number of alkyl halides is 3. The van der Waals surface area contributed by atoms with Crippen LogP contribution in [0.25, 0.3) is 6.08 Å². The third-order valence-electron chi connectivity index (χ3n) is 4.36. The third kappa shape index (κ3) is 7.41. The number of likely N-dealkylation sites (tertiary alicyclic amines) is 1. The van der Waals surface area contributed by atoms with E-state index in [2.05, 4.69) is 5.32 Å². The Morgan fingerprint density at radius 2 is 1.90 bits per heavy atom. The summed E-state index contributed by atoms with van der Waals surface area (Å²) in [6.07, 6.45) is -1.62. The number of piperidine rings is 1. The zero-order valence-electron chi connectivity index (χ0n) is 16.4. The average Bonchev–Trinajstić information content (AvgIpc) is 2.71. The summed E-state index contributed by atoms with van der Waals surface area (Å²) >= 11 is 0. The molecule has 7 nitrogen and oxygen atoms in total. The summed E-state index contributed by atoms with van der Waals surface area (Å²) in [5, 5.41) is 2.72. The van der Waals surface area contributed by atoms with Gasteiger partial charge in [-0.15, -0.1) is 0 Å². The van der Waals surface area contributed by atoms with Gasteiger partial charge in [0, 0.05) is 25.2 Å². The molecule has 1 aliphatic rings. The Morgan fingerprint density at radius 1 is 1.20 bits per heavy atom. The molecule has 0 unspecified atom stereocenters. The fourth-order valence-electron chi connectivity index (χ4n) is 2.86. The number of amides is 2. The summed E-state index contributed by atoms with van der Waals surface area (Å²) in [4.78, 5) is 36.8. The molecule has 2 amide bonds. The van der Waals surface area contributed by atoms with Crippen molar-refractivity contribution in [3.05, 3.63) is 41.5 Å². The molecule has 0 saturated carbocycles. The van der Waals surface area contributed by atoms with E-state index < -0.39 is 30.2 Å². The average molecular weight is 428 g/mol. The Hall–Kier alpha value is -3.04. The van der Waals surface area contributed by atoms with Crippen LogP contribution in [0, 0.1) is 0 Å². The van der Waals surface area contributed by atoms with Gasteiger partial charge in [0.2, 0.25) is 0 Å². The van der Waals surface area contributed by atoms with Crippen molar-refractivity contribution in [2.75, 3.05) is 26.3 Å². The maximum atomic E-state index is 12.7. The van der Waals surface area contributed by atoms with Gasteiger partial charge in [-0.3, -0.25) is 4.79 Å². The van der Waals surface area contributed by atoms with Crippen LogP contribution in [-0.2, 0) is 25.2 Å². The van der Waals surface area contributed by atoms with Crippen LogP contribution in [0.2, 0.25) is 0 Å². The summed E-state index contributed by atoms with van der Waals surface area (Å²) in [7, 11) is 0. The van der Waals surface area contributed by atoms with E-state index in [1.807, 2.05) is 0 Å². The normalized spacial score (nSPS) is 15.1. The Bertz CT molecular complexity index is 787. The lowest BCUT2D eigenvalue weighted by atomic mass is 10.1. The van der Waals surface area contributed by atoms with Crippen molar-refractivity contribution in [3.8, 4) is 0 Å². The predicted octanol–water partition coefficient (Wildman–Crippen LogP) is 3.00. The molecule has 0 atom stereocenters. The highest BCUT2D eigenvalue weighted by Crippen LogP contribution is 2.29. The van der Waals surface area contributed by atoms with Crippen LogP contribution in [0.5, 0.6) is 0 Å². The Morgan fingerprint density at radius 3 is 2.53 bits per heavy atom. The number of benzene rings is 1. The van der Waals surface area contributed by atoms with E-state index in [-0.39, 0.29) is 17.7 Å². The van der Waals surface area contributed by atoms with E-state index >= 15 is 0 Å². The third-order valence-corrected chi connectivity index (χ3v) is 4.36. The van der Waals surface area contributed by atoms with E-state index in [4.69, 9.17) is 9.47 Å². The van der Waals surface area contributed by atoms with Crippen LogP contribution in [0.15, 0.2) is 30.3 Å². The smallest absolute Gasteiger partial charge is 0.416 e. The molecular weight excluding hydrogens is 405 g/mol. The van der Waals surface area contributed by atoms with Crippen molar-refractivity contribution < 1.29 is 37.0 Å². The number of nitrogens with one attached hydrogen (secondary N) is 1. The fourth-order valence-corrected chi connectivity index (χ4v) is 2.86. The highest BCUT2D eigenvalue weighted by atomic mass is 19.4. The molecule has 164 valence electrons. The standard InChI is InChI=1S/C20H23F3N2O5/c1-2-29-19(28)25-10-8-16(9-11-25)24-17(26)13-30-18(27)7-6-14-4-3-5-15(12-14)20(21,22)23/h3-7,12,16H,2,8-11,13H2,1H3,(H,24,26)/b7-6+. The molecule has 0 aliphatic carbocycles. The Balaban J connectivity index is 1.73. The number of esters is 1. The van der Waals surface area contributed by atoms with E-state index in [0.29, 0.717) is 32.5 Å². The van der Waals surface area contributed by atoms with Crippen LogP contribution in [0.4, 0.5) is 18.0 Å². The SMILES string of the molecule is CCOC(=O)N1CCC(NC(=O)COC(=O)/C=C/c2cccc(C(F)(F)F)c2)CC1. The van der Waals surface area contributed by atoms with E-state index in [9.17, 15) is 27.6 Å². The molecule has 0 radical (unpaired) electrons. The van der Waals surface area contributed by atoms with Crippen molar-refractivity contribution in [3.63, 3.8) is 0 Å². The summed E-state index contributed by atoms with van der Waals surface area (Å²) < 4.78 is 47.8. The van der Waals surface area contributed by atoms with Gasteiger partial charge in [-0.05, 0) is 43.5 Å². The molecule has 30 heavy (non-hydrogen) atoms. The second-order valence-electron chi connectivity index (χ2n) is 6.59. The van der Waals surface area contributed by atoms with Gasteiger partial charge in [-0.2, -0.15) is 13.2 Å². The van der Waals surface area contributed by atoms with Crippen molar-refractivity contribution in [1.82, 2.24) is 10.2 Å². The lowest BCUT2D eigenvalue weighted by Gasteiger charge is -2.31. The number of hydrogen-bond donors (Lipinski definition) is 1. The molecule has 0 spiro atoms. The first kappa shape index (κ1) is 23.2. The van der Waals surface area contributed by atoms with Crippen molar-refractivity contribution in [2.24, 2.45) is 0 Å². The number of rotatable bonds is 6. The lowest BCUT2D eigenvalue weighted by molar-refractivity contribution is -0.144. The van der Waals surface area contributed by atoms with E-state index in [1.165, 1.54) is 18.2 Å². The molecule has 1 aromatic rings. The zero-order chi connectivity index (χ0) is 22.1. The number of halogens is 3. The van der Waals surface area contributed by atoms with Gasteiger partial charge >= 0.3 is 18.2 Å². The Labute approximate surface area is 171 Å². The summed E-state index contributed by atoms with van der Waals surface area (Å²) in [5.41, 5.74) is -0.647. The summed E-state index contributed by atoms with van der Waals surface area (Å²) in [6, 6.07) is 4.32. The van der Waals surface area contributed by atoms with Crippen LogP contribution < -0.4 is 5.32 Å². The quantitative estimate of drug-likeness (QED) is 0.556. The predicted molar refractivity (Wildman–Crippen MR) is 101 cm³/mol. The lowest BCUT2D eigenvalue weighted by Crippen LogP contribution is -2.47. The first-order chi connectivity index (χ1) is 14.2. The van der Waals surface area contributed by atoms with Crippen LogP contribution in [0.1, 0.15) is 30.9 Å². The molecule has 10 heteroatoms. The molecule has 0 aromatic heterocycles. The summed E-state index contributed by atoms with van der Waals surface area (Å²) in [6.45, 7) is 2.40. The van der Waals surface area contributed by atoms with Gasteiger partial charge in [-0.25, -0.2) is 9.59 Å². The number of ether oxygens (including phenoxy) is 2. The number of carbonyl (C=O) groups is 3. The zero-order valence-corrected chi connectivity index (χ0v) is 16.4. The highest BCUT2D eigenvalue weighted by Gasteiger charge is 2.30. The molecule has 1 heterocycles. The van der Waals surface area contributed by atoms with Crippen molar-refractivity contribution >= 4 is 24.0 Å². The first-order valence-electron chi connectivity index (χ1n) is 9.42. The van der Waals surface area contributed by atoms with Gasteiger partial charge in [0.05, 0.1) is 12.2 Å². The molecule has 0 bridgehead atoms. The van der Waals surface area contributed by atoms with Gasteiger partial charge in [0.1, 0.15) is 0 Å². The molecule has 1 saturated heterocycles. The maximum Gasteiger partial charge on any atom is 0.416 e. The largest absolute Gasteiger partial charge is 0.452 e. The number of carbonyl (C=O) groups excluding carboxylic acids is 3. The highest BCUT2D eigenvalue weighted by molar-refractivity contribution is 5.89. The fraction of sp³-hybridized carbons (Fsp3) is 0.450. The maximum absolute atomic E-state index is 12.7. The van der Waals surface area contributed by atoms with Crippen molar-refractivity contribution in [1.29, 1.82) is 0 Å². The molecule has 1 aromatic carbocycles. The molecule has 1 N–H and O–H groups in total. The van der Waals surface area contributed by atoms with E-state index in [1.54, 1.807) is 11.8 Å². The van der Waals surface area contributed by atoms with Gasteiger partial charge in [0.15, 0.2) is 6.61 Å². The van der Waals surface area contributed by atoms with Gasteiger partial charge in [-0.1, -0.05) is 12.1 Å². The van der Waals surface area contributed by atoms with Crippen LogP contribution in [-0.4, -0.2) is 55.2 Å². The number of hydrogen-bond acceptors (Lipinski definition) is 5. The minimum atomic E-state index is -4.48. The second-order valence-corrected chi connectivity index (χ2v) is 6.59. The minimum absolute atomic E-state index is 0.150. The number of nitrogens with zero attached hydrogens (tertiary/aromatic N) is 1. The van der Waals surface area contributed by atoms with Crippen LogP contribution >= 0.6 is 0 Å². The topological polar surface area (TPSA) is 84.9 Å². The molecule has 1 fully saturated rings. The monoisotopic (exact) mass is 428 g/mol. The Kier molecular flexibility index (Phi) is 8.25. The van der Waals surface area contributed by atoms with Gasteiger partial charge < -0.3 is 19.7 Å². The van der Waals surface area contributed by atoms with Crippen LogP contribution in [0.3, 0.4) is 0 Å². The second kappa shape index (κ2) is 10.7. The molecule has 1 aliphatic heterocycles. The first-order valence-corrected chi connectivity index (χ1v) is 9.42. The van der Waals surface area contributed by atoms with E-state index in [0.717, 1.165) is 18.2 Å². The van der Waals surface area contributed by atoms with Crippen molar-refractivity contribution in [2.45, 2.75) is 32.0 Å². The molecular formula is C20H23F3N2O5. The minimum Gasteiger partial charge on any atom is -0.452 e. The summed E-state index contributed by atoms with van der Waals surface area (Å²) in [5.74, 6) is -1.34.